The molecule has 0 aliphatic carbocycles. The first-order valence-electron chi connectivity index (χ1n) is 13.7. The summed E-state index contributed by atoms with van der Waals surface area (Å²) in [5.74, 6) is -0.583. The van der Waals surface area contributed by atoms with Crippen LogP contribution in [0, 0.1) is 6.92 Å². The van der Waals surface area contributed by atoms with Gasteiger partial charge in [-0.1, -0.05) is 79.9 Å². The Morgan fingerprint density at radius 3 is 2.29 bits per heavy atom. The zero-order valence-corrected chi connectivity index (χ0v) is 25.5. The highest BCUT2D eigenvalue weighted by molar-refractivity contribution is 7.92. The Labute approximate surface area is 248 Å². The molecule has 220 valence electrons. The average molecular weight is 600 g/mol. The Hall–Kier alpha value is -3.56. The van der Waals surface area contributed by atoms with Gasteiger partial charge in [-0.15, -0.1) is 0 Å². The van der Waals surface area contributed by atoms with E-state index in [0.29, 0.717) is 13.0 Å². The van der Waals surface area contributed by atoms with Crippen molar-refractivity contribution in [3.8, 4) is 5.75 Å². The van der Waals surface area contributed by atoms with E-state index in [4.69, 9.17) is 16.3 Å². The molecule has 10 heteroatoms. The first-order valence-corrected chi connectivity index (χ1v) is 15.5. The van der Waals surface area contributed by atoms with Crippen LogP contribution in [0.1, 0.15) is 44.2 Å². The van der Waals surface area contributed by atoms with Crippen LogP contribution >= 0.6 is 11.6 Å². The van der Waals surface area contributed by atoms with E-state index in [-0.39, 0.29) is 33.8 Å². The molecule has 3 aromatic rings. The number of halogens is 1. The van der Waals surface area contributed by atoms with Crippen LogP contribution < -0.4 is 14.4 Å². The molecule has 0 spiro atoms. The van der Waals surface area contributed by atoms with Gasteiger partial charge in [-0.2, -0.15) is 0 Å². The zero-order chi connectivity index (χ0) is 30.0. The van der Waals surface area contributed by atoms with Crippen molar-refractivity contribution in [2.24, 2.45) is 0 Å². The van der Waals surface area contributed by atoms with Crippen molar-refractivity contribution in [1.29, 1.82) is 0 Å². The highest BCUT2D eigenvalue weighted by atomic mass is 35.5. The summed E-state index contributed by atoms with van der Waals surface area (Å²) in [6, 6.07) is 19.3. The lowest BCUT2D eigenvalue weighted by molar-refractivity contribution is -0.140. The van der Waals surface area contributed by atoms with Crippen molar-refractivity contribution >= 4 is 39.1 Å². The molecule has 0 heterocycles. The summed E-state index contributed by atoms with van der Waals surface area (Å²) >= 11 is 6.28. The number of carbonyl (C=O) groups excluding carboxylic acids is 2. The fourth-order valence-electron chi connectivity index (χ4n) is 4.41. The van der Waals surface area contributed by atoms with E-state index in [1.807, 2.05) is 45.0 Å². The number of sulfonamides is 1. The predicted octanol–water partition coefficient (Wildman–Crippen LogP) is 5.58. The van der Waals surface area contributed by atoms with Gasteiger partial charge in [-0.25, -0.2) is 8.42 Å². The van der Waals surface area contributed by atoms with E-state index < -0.39 is 28.5 Å². The number of carbonyl (C=O) groups is 2. The van der Waals surface area contributed by atoms with E-state index in [0.717, 1.165) is 28.3 Å². The van der Waals surface area contributed by atoms with Crippen LogP contribution in [0.5, 0.6) is 5.75 Å². The lowest BCUT2D eigenvalue weighted by Gasteiger charge is -2.33. The van der Waals surface area contributed by atoms with E-state index in [9.17, 15) is 18.0 Å². The summed E-state index contributed by atoms with van der Waals surface area (Å²) in [7, 11) is -2.82. The summed E-state index contributed by atoms with van der Waals surface area (Å²) in [6.45, 7) is 5.88. The standard InChI is InChI=1S/C31H38ClN3O5S/c1-5-7-19-33-31(37)27(6-2)34(21-24-15-13-23(3)14-16-24)30(36)22-35(28-20-25(32)17-18-29(28)40-4)41(38,39)26-11-9-8-10-12-26/h8-18,20,27H,5-7,19,21-22H2,1-4H3,(H,33,37)/t27-/m0/s1. The van der Waals surface area contributed by atoms with Crippen LogP contribution in [-0.2, 0) is 26.2 Å². The molecule has 0 aliphatic rings. The maximum Gasteiger partial charge on any atom is 0.264 e. The maximum absolute atomic E-state index is 14.2. The highest BCUT2D eigenvalue weighted by Crippen LogP contribution is 2.35. The molecule has 0 aliphatic heterocycles. The highest BCUT2D eigenvalue weighted by Gasteiger charge is 2.34. The minimum atomic E-state index is -4.23. The number of anilines is 1. The van der Waals surface area contributed by atoms with E-state index in [1.54, 1.807) is 30.3 Å². The molecule has 1 atom stereocenters. The molecule has 41 heavy (non-hydrogen) atoms. The Balaban J connectivity index is 2.08. The molecule has 3 rings (SSSR count). The monoisotopic (exact) mass is 599 g/mol. The second-order valence-electron chi connectivity index (χ2n) is 9.72. The van der Waals surface area contributed by atoms with Crippen LogP contribution in [-0.4, -0.2) is 51.4 Å². The van der Waals surface area contributed by atoms with Crippen LogP contribution in [0.15, 0.2) is 77.7 Å². The van der Waals surface area contributed by atoms with Crippen LogP contribution in [0.3, 0.4) is 0 Å². The Morgan fingerprint density at radius 1 is 1.00 bits per heavy atom. The van der Waals surface area contributed by atoms with E-state index >= 15 is 0 Å². The molecular formula is C31H38ClN3O5S. The Morgan fingerprint density at radius 2 is 1.68 bits per heavy atom. The number of hydrogen-bond acceptors (Lipinski definition) is 5. The van der Waals surface area contributed by atoms with Crippen LogP contribution in [0.2, 0.25) is 5.02 Å². The summed E-state index contributed by atoms with van der Waals surface area (Å²) in [5.41, 5.74) is 2.00. The largest absolute Gasteiger partial charge is 0.495 e. The van der Waals surface area contributed by atoms with Gasteiger partial charge in [0.1, 0.15) is 18.3 Å². The van der Waals surface area contributed by atoms with Gasteiger partial charge in [0.05, 0.1) is 17.7 Å². The average Bonchev–Trinajstić information content (AvgIpc) is 2.97. The quantitative estimate of drug-likeness (QED) is 0.244. The van der Waals surface area contributed by atoms with Crippen molar-refractivity contribution < 1.29 is 22.7 Å². The Kier molecular flexibility index (Phi) is 11.6. The molecule has 0 unspecified atom stereocenters. The van der Waals surface area contributed by atoms with Gasteiger partial charge < -0.3 is 15.0 Å². The van der Waals surface area contributed by atoms with Crippen molar-refractivity contribution in [2.75, 3.05) is 24.5 Å². The predicted molar refractivity (Wildman–Crippen MR) is 163 cm³/mol. The number of amides is 2. The molecule has 0 saturated carbocycles. The molecule has 0 aromatic heterocycles. The number of rotatable bonds is 14. The SMILES string of the molecule is CCCCNC(=O)[C@H](CC)N(Cc1ccc(C)cc1)C(=O)CN(c1cc(Cl)ccc1OC)S(=O)(=O)c1ccccc1. The molecule has 8 nitrogen and oxygen atoms in total. The maximum atomic E-state index is 14.2. The Bertz CT molecular complexity index is 1420. The molecule has 0 bridgehead atoms. The third kappa shape index (κ3) is 8.24. The van der Waals surface area contributed by atoms with Gasteiger partial charge in [0.25, 0.3) is 10.0 Å². The van der Waals surface area contributed by atoms with Crippen molar-refractivity contribution in [3.05, 3.63) is 88.9 Å². The van der Waals surface area contributed by atoms with Crippen LogP contribution in [0.25, 0.3) is 0 Å². The van der Waals surface area contributed by atoms with Crippen molar-refractivity contribution in [2.45, 2.75) is 57.5 Å². The van der Waals surface area contributed by atoms with Gasteiger partial charge in [-0.3, -0.25) is 13.9 Å². The molecule has 0 radical (unpaired) electrons. The lowest BCUT2D eigenvalue weighted by Crippen LogP contribution is -2.52. The topological polar surface area (TPSA) is 96.0 Å². The third-order valence-electron chi connectivity index (χ3n) is 6.71. The molecule has 1 N–H and O–H groups in total. The minimum Gasteiger partial charge on any atom is -0.495 e. The molecule has 2 amide bonds. The summed E-state index contributed by atoms with van der Waals surface area (Å²) in [5, 5.41) is 3.21. The number of unbranched alkanes of at least 4 members (excludes halogenated alkanes) is 1. The van der Waals surface area contributed by atoms with Crippen molar-refractivity contribution in [1.82, 2.24) is 10.2 Å². The molecule has 3 aromatic carbocycles. The zero-order valence-electron chi connectivity index (χ0n) is 24.0. The van der Waals surface area contributed by atoms with Gasteiger partial charge in [0.15, 0.2) is 0 Å². The van der Waals surface area contributed by atoms with Gasteiger partial charge in [-0.05, 0) is 55.7 Å². The molecule has 0 fully saturated rings. The fraction of sp³-hybridized carbons (Fsp3) is 0.355. The third-order valence-corrected chi connectivity index (χ3v) is 8.72. The first kappa shape index (κ1) is 32.0. The second kappa shape index (κ2) is 14.9. The number of aryl methyl sites for hydroxylation is 1. The molecule has 0 saturated heterocycles. The minimum absolute atomic E-state index is 0.00395. The second-order valence-corrected chi connectivity index (χ2v) is 12.0. The van der Waals surface area contributed by atoms with Gasteiger partial charge in [0, 0.05) is 18.1 Å². The van der Waals surface area contributed by atoms with E-state index in [1.165, 1.54) is 30.2 Å². The van der Waals surface area contributed by atoms with Crippen LogP contribution in [0.4, 0.5) is 5.69 Å². The number of ether oxygens (including phenoxy) is 1. The fourth-order valence-corrected chi connectivity index (χ4v) is 6.01. The number of hydrogen-bond donors (Lipinski definition) is 1. The summed E-state index contributed by atoms with van der Waals surface area (Å²) in [4.78, 5) is 28.9. The first-order chi connectivity index (χ1) is 19.6. The van der Waals surface area contributed by atoms with Crippen molar-refractivity contribution in [3.63, 3.8) is 0 Å². The summed E-state index contributed by atoms with van der Waals surface area (Å²) in [6.07, 6.45) is 2.07. The van der Waals surface area contributed by atoms with Gasteiger partial charge in [0.2, 0.25) is 11.8 Å². The smallest absolute Gasteiger partial charge is 0.264 e. The normalized spacial score (nSPS) is 11.9. The number of methoxy groups -OCH3 is 1. The summed E-state index contributed by atoms with van der Waals surface area (Å²) < 4.78 is 34.5. The number of nitrogens with zero attached hydrogens (tertiary/aromatic N) is 2. The van der Waals surface area contributed by atoms with E-state index in [2.05, 4.69) is 5.32 Å². The number of benzene rings is 3. The lowest BCUT2D eigenvalue weighted by atomic mass is 10.1. The number of nitrogens with one attached hydrogen (secondary N) is 1. The van der Waals surface area contributed by atoms with Gasteiger partial charge >= 0.3 is 0 Å². The molecular weight excluding hydrogens is 562 g/mol.